The molecule has 0 heterocycles. The van der Waals surface area contributed by atoms with Crippen LogP contribution in [0.3, 0.4) is 0 Å². The molecular weight excluding hydrogens is 236 g/mol. The van der Waals surface area contributed by atoms with Crippen molar-refractivity contribution in [3.05, 3.63) is 23.8 Å². The monoisotopic (exact) mass is 264 g/mol. The quantitative estimate of drug-likeness (QED) is 0.620. The first-order chi connectivity index (χ1) is 9.10. The molecule has 0 aliphatic heterocycles. The minimum Gasteiger partial charge on any atom is -0.383 e. The highest BCUT2D eigenvalue weighted by atomic mass is 16.5. The first kappa shape index (κ1) is 16.2. The second-order valence-electron chi connectivity index (χ2n) is 5.66. The third kappa shape index (κ3) is 3.79. The lowest BCUT2D eigenvalue weighted by Crippen LogP contribution is -2.35. The normalized spacial score (nSPS) is 23.5. The average Bonchev–Trinajstić information content (AvgIpc) is 2.77. The number of ether oxygens (including phenoxy) is 1. The Hall–Kier alpha value is -0.890. The number of unbranched alkanes of at least 4 members (excludes halogenated alkanes) is 1. The van der Waals surface area contributed by atoms with Crippen molar-refractivity contribution in [2.24, 2.45) is 11.3 Å². The van der Waals surface area contributed by atoms with Crippen molar-refractivity contribution >= 4 is 5.78 Å². The molecule has 0 radical (unpaired) electrons. The molecular formula is C17H28O2. The predicted octanol–water partition coefficient (Wildman–Crippen LogP) is 4.31. The van der Waals surface area contributed by atoms with Crippen LogP contribution in [-0.4, -0.2) is 19.5 Å². The van der Waals surface area contributed by atoms with E-state index < -0.39 is 5.41 Å². The molecule has 1 rings (SSSR count). The van der Waals surface area contributed by atoms with Crippen molar-refractivity contribution in [3.63, 3.8) is 0 Å². The molecule has 0 aromatic carbocycles. The van der Waals surface area contributed by atoms with Gasteiger partial charge in [0.2, 0.25) is 0 Å². The van der Waals surface area contributed by atoms with Gasteiger partial charge in [-0.2, -0.15) is 0 Å². The molecule has 0 aromatic rings. The van der Waals surface area contributed by atoms with E-state index in [1.54, 1.807) is 7.11 Å². The first-order valence-corrected chi connectivity index (χ1v) is 7.49. The van der Waals surface area contributed by atoms with Crippen molar-refractivity contribution < 1.29 is 9.53 Å². The van der Waals surface area contributed by atoms with E-state index in [4.69, 9.17) is 4.74 Å². The lowest BCUT2D eigenvalue weighted by molar-refractivity contribution is -0.127. The van der Waals surface area contributed by atoms with Gasteiger partial charge in [-0.3, -0.25) is 4.79 Å². The molecule has 2 heteroatoms. The number of carbonyl (C=O) groups excluding carboxylic acids is 1. The molecule has 0 aromatic heterocycles. The minimum atomic E-state index is -0.492. The van der Waals surface area contributed by atoms with Gasteiger partial charge in [-0.1, -0.05) is 63.3 Å². The number of hydrogen-bond acceptors (Lipinski definition) is 2. The summed E-state index contributed by atoms with van der Waals surface area (Å²) in [4.78, 5) is 12.7. The summed E-state index contributed by atoms with van der Waals surface area (Å²) < 4.78 is 5.30. The van der Waals surface area contributed by atoms with Crippen molar-refractivity contribution in [3.8, 4) is 0 Å². The molecule has 108 valence electrons. The highest BCUT2D eigenvalue weighted by molar-refractivity contribution is 5.91. The molecule has 0 saturated heterocycles. The van der Waals surface area contributed by atoms with Crippen LogP contribution in [0, 0.1) is 11.3 Å². The highest BCUT2D eigenvalue weighted by Gasteiger charge is 2.39. The zero-order chi connectivity index (χ0) is 14.3. The van der Waals surface area contributed by atoms with Gasteiger partial charge < -0.3 is 4.74 Å². The van der Waals surface area contributed by atoms with Gasteiger partial charge in [0.05, 0.1) is 12.0 Å². The molecule has 2 atom stereocenters. The summed E-state index contributed by atoms with van der Waals surface area (Å²) in [6, 6.07) is 0. The third-order valence-corrected chi connectivity index (χ3v) is 4.32. The van der Waals surface area contributed by atoms with E-state index in [0.29, 0.717) is 24.7 Å². The van der Waals surface area contributed by atoms with E-state index in [1.165, 1.54) is 12.8 Å². The van der Waals surface area contributed by atoms with Crippen LogP contribution < -0.4 is 0 Å². The fourth-order valence-corrected chi connectivity index (χ4v) is 2.81. The van der Waals surface area contributed by atoms with Gasteiger partial charge in [0.25, 0.3) is 0 Å². The van der Waals surface area contributed by atoms with Crippen LogP contribution in [0.1, 0.15) is 52.9 Å². The summed E-state index contributed by atoms with van der Waals surface area (Å²) in [6.45, 7) is 6.89. The molecule has 0 fully saturated rings. The molecule has 0 saturated carbocycles. The Morgan fingerprint density at radius 1 is 1.42 bits per heavy atom. The maximum Gasteiger partial charge on any atom is 0.149 e. The largest absolute Gasteiger partial charge is 0.383 e. The Morgan fingerprint density at radius 2 is 2.16 bits per heavy atom. The zero-order valence-corrected chi connectivity index (χ0v) is 12.9. The lowest BCUT2D eigenvalue weighted by atomic mass is 9.76. The second kappa shape index (κ2) is 7.64. The summed E-state index contributed by atoms with van der Waals surface area (Å²) >= 11 is 0. The maximum atomic E-state index is 12.7. The Balaban J connectivity index is 2.73. The molecule has 0 bridgehead atoms. The predicted molar refractivity (Wildman–Crippen MR) is 80.1 cm³/mol. The van der Waals surface area contributed by atoms with E-state index in [1.807, 2.05) is 25.2 Å². The number of rotatable bonds is 9. The summed E-state index contributed by atoms with van der Waals surface area (Å²) in [7, 11) is 1.67. The highest BCUT2D eigenvalue weighted by Crippen LogP contribution is 2.37. The first-order valence-electron chi connectivity index (χ1n) is 7.49. The smallest absolute Gasteiger partial charge is 0.149 e. The van der Waals surface area contributed by atoms with Crippen LogP contribution >= 0.6 is 0 Å². The van der Waals surface area contributed by atoms with Gasteiger partial charge in [0.1, 0.15) is 5.78 Å². The van der Waals surface area contributed by atoms with E-state index in [9.17, 15) is 4.79 Å². The molecule has 1 aliphatic carbocycles. The van der Waals surface area contributed by atoms with Gasteiger partial charge in [-0.05, 0) is 12.8 Å². The van der Waals surface area contributed by atoms with E-state index >= 15 is 0 Å². The van der Waals surface area contributed by atoms with Crippen molar-refractivity contribution in [2.75, 3.05) is 13.7 Å². The lowest BCUT2D eigenvalue weighted by Gasteiger charge is -2.29. The molecule has 0 N–H and O–H groups in total. The van der Waals surface area contributed by atoms with Crippen molar-refractivity contribution in [1.82, 2.24) is 0 Å². The standard InChI is InChI=1S/C17H28O2/c1-5-7-10-15(6-2)12-16(18)17(13-19-4)11-8-9-14(17)3/h8-9,11,15H,5-7,10,12-13H2,1-4H3/t15?,17-/m0/s1. The van der Waals surface area contributed by atoms with Crippen molar-refractivity contribution in [1.29, 1.82) is 0 Å². The Kier molecular flexibility index (Phi) is 6.50. The van der Waals surface area contributed by atoms with Gasteiger partial charge in [0.15, 0.2) is 0 Å². The fraction of sp³-hybridized carbons (Fsp3) is 0.706. The van der Waals surface area contributed by atoms with Crippen LogP contribution in [-0.2, 0) is 9.53 Å². The van der Waals surface area contributed by atoms with Crippen LogP contribution in [0.25, 0.3) is 0 Å². The van der Waals surface area contributed by atoms with Gasteiger partial charge in [-0.15, -0.1) is 0 Å². The SMILES string of the molecule is CCCCC(CC)CC(=O)[C@]1(COC)C=CC=C1C. The van der Waals surface area contributed by atoms with Crippen molar-refractivity contribution in [2.45, 2.75) is 52.9 Å². The van der Waals surface area contributed by atoms with E-state index in [2.05, 4.69) is 13.8 Å². The van der Waals surface area contributed by atoms with Gasteiger partial charge in [0, 0.05) is 13.5 Å². The zero-order valence-electron chi connectivity index (χ0n) is 12.9. The maximum absolute atomic E-state index is 12.7. The van der Waals surface area contributed by atoms with Gasteiger partial charge in [-0.25, -0.2) is 0 Å². The summed E-state index contributed by atoms with van der Waals surface area (Å²) in [5.74, 6) is 0.836. The Bertz CT molecular complexity index is 354. The minimum absolute atomic E-state index is 0.319. The third-order valence-electron chi connectivity index (χ3n) is 4.32. The summed E-state index contributed by atoms with van der Waals surface area (Å²) in [6.07, 6.45) is 11.4. The number of allylic oxidation sites excluding steroid dienone is 2. The summed E-state index contributed by atoms with van der Waals surface area (Å²) in [5, 5.41) is 0. The van der Waals surface area contributed by atoms with Crippen LogP contribution in [0.4, 0.5) is 0 Å². The molecule has 1 aliphatic rings. The number of methoxy groups -OCH3 is 1. The topological polar surface area (TPSA) is 26.3 Å². The second-order valence-corrected chi connectivity index (χ2v) is 5.66. The summed E-state index contributed by atoms with van der Waals surface area (Å²) in [5.41, 5.74) is 0.624. The van der Waals surface area contributed by atoms with E-state index in [0.717, 1.165) is 18.4 Å². The number of carbonyl (C=O) groups is 1. The average molecular weight is 264 g/mol. The van der Waals surface area contributed by atoms with Crippen LogP contribution in [0.15, 0.2) is 23.8 Å². The van der Waals surface area contributed by atoms with Crippen LogP contribution in [0.2, 0.25) is 0 Å². The van der Waals surface area contributed by atoms with E-state index in [-0.39, 0.29) is 0 Å². The Labute approximate surface area is 117 Å². The number of ketones is 1. The molecule has 19 heavy (non-hydrogen) atoms. The fourth-order valence-electron chi connectivity index (χ4n) is 2.81. The van der Waals surface area contributed by atoms with Crippen LogP contribution in [0.5, 0.6) is 0 Å². The number of hydrogen-bond donors (Lipinski definition) is 0. The van der Waals surface area contributed by atoms with Gasteiger partial charge >= 0.3 is 0 Å². The molecule has 0 amide bonds. The molecule has 2 nitrogen and oxygen atoms in total. The number of Topliss-reactive ketones (excluding diaryl/α,β-unsaturated/α-hetero) is 1. The Morgan fingerprint density at radius 3 is 2.63 bits per heavy atom. The molecule has 1 unspecified atom stereocenters. The molecule has 0 spiro atoms.